The number of aliphatic hydroxyl groups is 1. The molecule has 0 saturated heterocycles. The zero-order valence-corrected chi connectivity index (χ0v) is 15.2. The minimum absolute atomic E-state index is 0.227. The van der Waals surface area contributed by atoms with E-state index in [0.717, 1.165) is 22.4 Å². The number of aryl methyl sites for hydroxylation is 1. The number of rotatable bonds is 5. The summed E-state index contributed by atoms with van der Waals surface area (Å²) < 4.78 is 7.00. The topological polar surface area (TPSA) is 89.9 Å². The van der Waals surface area contributed by atoms with Gasteiger partial charge in [-0.05, 0) is 48.4 Å². The molecule has 7 nitrogen and oxygen atoms in total. The molecule has 2 aromatic carbocycles. The SMILES string of the molecule is Cc1cc(-c2noc(CC(O)c3ccc(Cl)cc3)n2)ccc1-n1cncn1. The van der Waals surface area contributed by atoms with Gasteiger partial charge < -0.3 is 9.63 Å². The fourth-order valence-corrected chi connectivity index (χ4v) is 2.93. The normalized spacial score (nSPS) is 12.3. The first kappa shape index (κ1) is 17.4. The highest BCUT2D eigenvalue weighted by Gasteiger charge is 2.15. The van der Waals surface area contributed by atoms with Crippen molar-refractivity contribution >= 4 is 11.6 Å². The summed E-state index contributed by atoms with van der Waals surface area (Å²) in [5.41, 5.74) is 3.50. The van der Waals surface area contributed by atoms with Crippen LogP contribution in [0.25, 0.3) is 17.1 Å². The van der Waals surface area contributed by atoms with Crippen LogP contribution in [-0.2, 0) is 6.42 Å². The molecular weight excluding hydrogens is 366 g/mol. The molecule has 8 heteroatoms. The second kappa shape index (κ2) is 7.30. The van der Waals surface area contributed by atoms with Gasteiger partial charge in [-0.25, -0.2) is 9.67 Å². The smallest absolute Gasteiger partial charge is 0.229 e. The van der Waals surface area contributed by atoms with Crippen molar-refractivity contribution < 1.29 is 9.63 Å². The molecule has 2 aromatic heterocycles. The third kappa shape index (κ3) is 3.74. The van der Waals surface area contributed by atoms with E-state index in [-0.39, 0.29) is 6.42 Å². The van der Waals surface area contributed by atoms with Gasteiger partial charge >= 0.3 is 0 Å². The Kier molecular flexibility index (Phi) is 4.70. The molecule has 0 bridgehead atoms. The van der Waals surface area contributed by atoms with Crippen LogP contribution in [0.3, 0.4) is 0 Å². The number of nitrogens with zero attached hydrogens (tertiary/aromatic N) is 5. The summed E-state index contributed by atoms with van der Waals surface area (Å²) in [5, 5.41) is 19.1. The van der Waals surface area contributed by atoms with Gasteiger partial charge in [0.05, 0.1) is 18.2 Å². The van der Waals surface area contributed by atoms with Gasteiger partial charge in [0.25, 0.3) is 0 Å². The van der Waals surface area contributed by atoms with Gasteiger partial charge in [-0.1, -0.05) is 28.9 Å². The number of halogens is 1. The van der Waals surface area contributed by atoms with Crippen LogP contribution < -0.4 is 0 Å². The monoisotopic (exact) mass is 381 g/mol. The van der Waals surface area contributed by atoms with Crippen molar-refractivity contribution in [3.05, 3.63) is 77.2 Å². The third-order valence-corrected chi connectivity index (χ3v) is 4.46. The summed E-state index contributed by atoms with van der Waals surface area (Å²) in [5.74, 6) is 0.840. The van der Waals surface area contributed by atoms with Crippen LogP contribution in [0.2, 0.25) is 5.02 Å². The first-order valence-corrected chi connectivity index (χ1v) is 8.70. The number of hydrogen-bond donors (Lipinski definition) is 1. The lowest BCUT2D eigenvalue weighted by Crippen LogP contribution is -2.02. The summed E-state index contributed by atoms with van der Waals surface area (Å²) in [7, 11) is 0. The number of aromatic nitrogens is 5. The zero-order valence-electron chi connectivity index (χ0n) is 14.5. The Morgan fingerprint density at radius 2 is 2.00 bits per heavy atom. The van der Waals surface area contributed by atoms with Gasteiger partial charge in [0.2, 0.25) is 11.7 Å². The molecule has 0 spiro atoms. The number of aliphatic hydroxyl groups excluding tert-OH is 1. The fraction of sp³-hybridized carbons (Fsp3) is 0.158. The summed E-state index contributed by atoms with van der Waals surface area (Å²) in [6.07, 6.45) is 2.62. The van der Waals surface area contributed by atoms with Crippen LogP contribution in [0.5, 0.6) is 0 Å². The van der Waals surface area contributed by atoms with Gasteiger partial charge in [0.15, 0.2) is 0 Å². The standard InChI is InChI=1S/C19H16ClN5O2/c1-12-8-14(4-7-16(12)25-11-21-10-22-25)19-23-18(27-24-19)9-17(26)13-2-5-15(20)6-3-13/h2-8,10-11,17,26H,9H2,1H3. The van der Waals surface area contributed by atoms with Crippen LogP contribution in [0.4, 0.5) is 0 Å². The largest absolute Gasteiger partial charge is 0.388 e. The Bertz CT molecular complexity index is 1040. The lowest BCUT2D eigenvalue weighted by molar-refractivity contribution is 0.165. The molecule has 27 heavy (non-hydrogen) atoms. The third-order valence-electron chi connectivity index (χ3n) is 4.21. The quantitative estimate of drug-likeness (QED) is 0.568. The van der Waals surface area contributed by atoms with Crippen LogP contribution >= 0.6 is 11.6 Å². The molecule has 1 N–H and O–H groups in total. The molecule has 0 aliphatic heterocycles. The lowest BCUT2D eigenvalue weighted by Gasteiger charge is -2.08. The van der Waals surface area contributed by atoms with Crippen molar-refractivity contribution in [1.29, 1.82) is 0 Å². The predicted molar refractivity (Wildman–Crippen MR) is 99.5 cm³/mol. The first-order chi connectivity index (χ1) is 13.1. The molecular formula is C19H16ClN5O2. The van der Waals surface area contributed by atoms with Gasteiger partial charge in [-0.2, -0.15) is 10.1 Å². The molecule has 2 heterocycles. The van der Waals surface area contributed by atoms with E-state index in [2.05, 4.69) is 20.2 Å². The Morgan fingerprint density at radius 3 is 2.70 bits per heavy atom. The molecule has 0 fully saturated rings. The van der Waals surface area contributed by atoms with Crippen molar-refractivity contribution in [3.63, 3.8) is 0 Å². The van der Waals surface area contributed by atoms with Gasteiger partial charge in [0, 0.05) is 10.6 Å². The van der Waals surface area contributed by atoms with Crippen LogP contribution in [0.15, 0.2) is 59.6 Å². The molecule has 4 rings (SSSR count). The Hall–Kier alpha value is -3.03. The lowest BCUT2D eigenvalue weighted by atomic mass is 10.1. The molecule has 0 radical (unpaired) electrons. The summed E-state index contributed by atoms with van der Waals surface area (Å²) in [4.78, 5) is 8.36. The average Bonchev–Trinajstić information content (AvgIpc) is 3.34. The maximum atomic E-state index is 10.3. The molecule has 1 unspecified atom stereocenters. The fourth-order valence-electron chi connectivity index (χ4n) is 2.81. The van der Waals surface area contributed by atoms with E-state index in [1.165, 1.54) is 6.33 Å². The van der Waals surface area contributed by atoms with Gasteiger partial charge in [-0.3, -0.25) is 0 Å². The maximum absolute atomic E-state index is 10.3. The van der Waals surface area contributed by atoms with Crippen molar-refractivity contribution in [3.8, 4) is 17.1 Å². The molecule has 1 atom stereocenters. The summed E-state index contributed by atoms with van der Waals surface area (Å²) >= 11 is 5.87. The van der Waals surface area contributed by atoms with Crippen molar-refractivity contribution in [2.45, 2.75) is 19.4 Å². The average molecular weight is 382 g/mol. The van der Waals surface area contributed by atoms with E-state index in [0.29, 0.717) is 16.7 Å². The van der Waals surface area contributed by atoms with E-state index >= 15 is 0 Å². The van der Waals surface area contributed by atoms with Crippen molar-refractivity contribution in [1.82, 2.24) is 24.9 Å². The highest BCUT2D eigenvalue weighted by molar-refractivity contribution is 6.30. The van der Waals surface area contributed by atoms with Crippen molar-refractivity contribution in [2.24, 2.45) is 0 Å². The molecule has 0 saturated carbocycles. The van der Waals surface area contributed by atoms with E-state index in [1.54, 1.807) is 35.3 Å². The van der Waals surface area contributed by atoms with E-state index < -0.39 is 6.10 Å². The van der Waals surface area contributed by atoms with Crippen LogP contribution in [0, 0.1) is 6.92 Å². The molecule has 4 aromatic rings. The minimum Gasteiger partial charge on any atom is -0.388 e. The molecule has 136 valence electrons. The van der Waals surface area contributed by atoms with E-state index in [1.807, 2.05) is 25.1 Å². The minimum atomic E-state index is -0.744. The Balaban J connectivity index is 1.52. The highest BCUT2D eigenvalue weighted by Crippen LogP contribution is 2.24. The van der Waals surface area contributed by atoms with Gasteiger partial charge in [-0.15, -0.1) is 0 Å². The molecule has 0 aliphatic rings. The number of hydrogen-bond acceptors (Lipinski definition) is 6. The van der Waals surface area contributed by atoms with Crippen LogP contribution in [0.1, 0.15) is 23.1 Å². The second-order valence-corrected chi connectivity index (χ2v) is 6.56. The van der Waals surface area contributed by atoms with Crippen molar-refractivity contribution in [2.75, 3.05) is 0 Å². The Morgan fingerprint density at radius 1 is 1.19 bits per heavy atom. The van der Waals surface area contributed by atoms with E-state index in [4.69, 9.17) is 16.1 Å². The highest BCUT2D eigenvalue weighted by atomic mass is 35.5. The maximum Gasteiger partial charge on any atom is 0.229 e. The molecule has 0 amide bonds. The zero-order chi connectivity index (χ0) is 18.8. The molecule has 0 aliphatic carbocycles. The van der Waals surface area contributed by atoms with E-state index in [9.17, 15) is 5.11 Å². The number of benzene rings is 2. The van der Waals surface area contributed by atoms with Gasteiger partial charge in [0.1, 0.15) is 12.7 Å². The Labute approximate surface area is 160 Å². The predicted octanol–water partition coefficient (Wildman–Crippen LogP) is 3.56. The van der Waals surface area contributed by atoms with Crippen LogP contribution in [-0.4, -0.2) is 30.0 Å². The second-order valence-electron chi connectivity index (χ2n) is 6.12. The summed E-state index contributed by atoms with van der Waals surface area (Å²) in [6, 6.07) is 12.8. The summed E-state index contributed by atoms with van der Waals surface area (Å²) in [6.45, 7) is 1.98. The first-order valence-electron chi connectivity index (χ1n) is 8.32.